The normalized spacial score (nSPS) is 11.6. The number of methoxy groups -OCH3 is 1. The van der Waals surface area contributed by atoms with Crippen molar-refractivity contribution in [2.45, 2.75) is 13.3 Å². The molecule has 4 rings (SSSR count). The standard InChI is InChI=1S/C25H28FN3O6/c1-16(30)34-10-8-32-6-7-33-9-11-35-23-13-17-12-21-24(20(17)15-22(23)31-2)28-29-25(21)27-19-5-3-4-18(26)14-19/h3-5,13-15H,6-12H2,1-2H3,(H2,27,28,29). The van der Waals surface area contributed by atoms with Crippen molar-refractivity contribution < 1.29 is 32.9 Å². The summed E-state index contributed by atoms with van der Waals surface area (Å²) < 4.78 is 40.6. The summed E-state index contributed by atoms with van der Waals surface area (Å²) in [5, 5.41) is 10.6. The fraction of sp³-hybridized carbons (Fsp3) is 0.360. The van der Waals surface area contributed by atoms with Crippen molar-refractivity contribution in [3.05, 3.63) is 53.3 Å². The molecule has 1 heterocycles. The number of hydrogen-bond acceptors (Lipinski definition) is 8. The van der Waals surface area contributed by atoms with Crippen molar-refractivity contribution in [2.75, 3.05) is 52.1 Å². The van der Waals surface area contributed by atoms with Crippen molar-refractivity contribution in [3.8, 4) is 22.8 Å². The predicted molar refractivity (Wildman–Crippen MR) is 127 cm³/mol. The van der Waals surface area contributed by atoms with Crippen LogP contribution in [-0.4, -0.2) is 62.9 Å². The van der Waals surface area contributed by atoms with Gasteiger partial charge < -0.3 is 29.0 Å². The van der Waals surface area contributed by atoms with Gasteiger partial charge in [0, 0.05) is 30.2 Å². The molecular weight excluding hydrogens is 457 g/mol. The van der Waals surface area contributed by atoms with Crippen molar-refractivity contribution >= 4 is 17.5 Å². The highest BCUT2D eigenvalue weighted by atomic mass is 19.1. The lowest BCUT2D eigenvalue weighted by atomic mass is 10.1. The molecule has 35 heavy (non-hydrogen) atoms. The summed E-state index contributed by atoms with van der Waals surface area (Å²) >= 11 is 0. The first-order valence-electron chi connectivity index (χ1n) is 11.3. The molecule has 0 unspecified atom stereocenters. The average Bonchev–Trinajstić information content (AvgIpc) is 3.38. The Morgan fingerprint density at radius 3 is 2.57 bits per heavy atom. The number of benzene rings is 2. The summed E-state index contributed by atoms with van der Waals surface area (Å²) in [6.45, 7) is 3.48. The quantitative estimate of drug-likeness (QED) is 0.217. The fourth-order valence-corrected chi connectivity index (χ4v) is 3.79. The first-order chi connectivity index (χ1) is 17.0. The molecule has 0 fully saturated rings. The number of halogens is 1. The van der Waals surface area contributed by atoms with Gasteiger partial charge in [0.15, 0.2) is 17.3 Å². The molecule has 186 valence electrons. The summed E-state index contributed by atoms with van der Waals surface area (Å²) in [7, 11) is 1.60. The van der Waals surface area contributed by atoms with Crippen LogP contribution >= 0.6 is 0 Å². The van der Waals surface area contributed by atoms with E-state index >= 15 is 0 Å². The number of carbonyl (C=O) groups is 1. The highest BCUT2D eigenvalue weighted by molar-refractivity contribution is 5.81. The molecule has 2 aromatic carbocycles. The van der Waals surface area contributed by atoms with Crippen molar-refractivity contribution in [3.63, 3.8) is 0 Å². The van der Waals surface area contributed by atoms with E-state index in [0.717, 1.165) is 22.4 Å². The second-order valence-corrected chi connectivity index (χ2v) is 7.81. The van der Waals surface area contributed by atoms with Crippen LogP contribution in [0.3, 0.4) is 0 Å². The smallest absolute Gasteiger partial charge is 0.302 e. The van der Waals surface area contributed by atoms with E-state index in [1.165, 1.54) is 19.1 Å². The highest BCUT2D eigenvalue weighted by Gasteiger charge is 2.27. The van der Waals surface area contributed by atoms with Gasteiger partial charge in [0.25, 0.3) is 0 Å². The molecule has 10 heteroatoms. The third-order valence-corrected chi connectivity index (χ3v) is 5.37. The van der Waals surface area contributed by atoms with E-state index in [-0.39, 0.29) is 18.4 Å². The van der Waals surface area contributed by atoms with Gasteiger partial charge in [0.2, 0.25) is 0 Å². The molecule has 1 aliphatic carbocycles. The maximum absolute atomic E-state index is 13.5. The molecule has 1 aromatic heterocycles. The van der Waals surface area contributed by atoms with Crippen molar-refractivity contribution in [2.24, 2.45) is 0 Å². The molecule has 9 nitrogen and oxygen atoms in total. The van der Waals surface area contributed by atoms with Gasteiger partial charge in [-0.3, -0.25) is 9.89 Å². The Labute approximate surface area is 202 Å². The minimum Gasteiger partial charge on any atom is -0.493 e. The van der Waals surface area contributed by atoms with Gasteiger partial charge in [-0.1, -0.05) is 6.07 Å². The minimum atomic E-state index is -0.324. The summed E-state index contributed by atoms with van der Waals surface area (Å²) in [4.78, 5) is 10.7. The monoisotopic (exact) mass is 485 g/mol. The maximum atomic E-state index is 13.5. The number of nitrogens with zero attached hydrogens (tertiary/aromatic N) is 1. The van der Waals surface area contributed by atoms with Crippen molar-refractivity contribution in [1.82, 2.24) is 10.2 Å². The molecule has 0 saturated carbocycles. The molecule has 0 radical (unpaired) electrons. The van der Waals surface area contributed by atoms with Crippen LogP contribution < -0.4 is 14.8 Å². The molecule has 3 aromatic rings. The average molecular weight is 486 g/mol. The van der Waals surface area contributed by atoms with E-state index in [0.29, 0.717) is 62.5 Å². The van der Waals surface area contributed by atoms with Gasteiger partial charge in [0.05, 0.1) is 39.2 Å². The van der Waals surface area contributed by atoms with E-state index in [9.17, 15) is 9.18 Å². The lowest BCUT2D eigenvalue weighted by Gasteiger charge is -2.13. The van der Waals surface area contributed by atoms with Crippen molar-refractivity contribution in [1.29, 1.82) is 0 Å². The number of nitrogens with one attached hydrogen (secondary N) is 2. The number of H-pyrrole nitrogens is 1. The summed E-state index contributed by atoms with van der Waals surface area (Å²) in [6, 6.07) is 10.2. The zero-order valence-corrected chi connectivity index (χ0v) is 19.7. The third-order valence-electron chi connectivity index (χ3n) is 5.37. The van der Waals surface area contributed by atoms with Gasteiger partial charge in [-0.25, -0.2) is 4.39 Å². The number of carbonyl (C=O) groups excluding carboxylic acids is 1. The first kappa shape index (κ1) is 24.5. The minimum absolute atomic E-state index is 0.235. The number of esters is 1. The zero-order valence-electron chi connectivity index (χ0n) is 19.7. The molecular formula is C25H28FN3O6. The van der Waals surface area contributed by atoms with Crippen LogP contribution in [0.15, 0.2) is 36.4 Å². The Kier molecular flexibility index (Phi) is 8.17. The van der Waals surface area contributed by atoms with Crippen LogP contribution in [0, 0.1) is 5.82 Å². The number of aromatic nitrogens is 2. The van der Waals surface area contributed by atoms with Gasteiger partial charge in [-0.05, 0) is 35.9 Å². The maximum Gasteiger partial charge on any atom is 0.302 e. The van der Waals surface area contributed by atoms with E-state index in [4.69, 9.17) is 23.7 Å². The molecule has 0 saturated heterocycles. The molecule has 0 bridgehead atoms. The highest BCUT2D eigenvalue weighted by Crippen LogP contribution is 2.44. The second kappa shape index (κ2) is 11.7. The number of hydrogen-bond donors (Lipinski definition) is 2. The van der Waals surface area contributed by atoms with Crippen LogP contribution in [0.25, 0.3) is 11.3 Å². The third kappa shape index (κ3) is 6.28. The predicted octanol–water partition coefficient (Wildman–Crippen LogP) is 3.85. The number of anilines is 2. The van der Waals surface area contributed by atoms with Gasteiger partial charge in [-0.15, -0.1) is 0 Å². The van der Waals surface area contributed by atoms with E-state index < -0.39 is 0 Å². The van der Waals surface area contributed by atoms with Crippen LogP contribution in [0.4, 0.5) is 15.9 Å². The lowest BCUT2D eigenvalue weighted by molar-refractivity contribution is -0.142. The first-order valence-corrected chi connectivity index (χ1v) is 11.3. The molecule has 0 amide bonds. The van der Waals surface area contributed by atoms with Gasteiger partial charge >= 0.3 is 5.97 Å². The topological polar surface area (TPSA) is 104 Å². The molecule has 1 aliphatic rings. The zero-order chi connectivity index (χ0) is 24.6. The largest absolute Gasteiger partial charge is 0.493 e. The molecule has 2 N–H and O–H groups in total. The number of aromatic amines is 1. The van der Waals surface area contributed by atoms with Crippen LogP contribution in [-0.2, 0) is 25.4 Å². The SMILES string of the molecule is COc1cc2c(cc1OCCOCCOCCOC(C)=O)Cc1c(Nc3cccc(F)c3)n[nH]c1-2. The Bertz CT molecular complexity index is 1170. The Morgan fingerprint density at radius 2 is 1.83 bits per heavy atom. The van der Waals surface area contributed by atoms with E-state index in [1.807, 2.05) is 12.1 Å². The van der Waals surface area contributed by atoms with Crippen LogP contribution in [0.2, 0.25) is 0 Å². The molecule has 0 spiro atoms. The fourth-order valence-electron chi connectivity index (χ4n) is 3.79. The number of fused-ring (bicyclic) bond motifs is 3. The van der Waals surface area contributed by atoms with Gasteiger partial charge in [0.1, 0.15) is 19.0 Å². The lowest BCUT2D eigenvalue weighted by Crippen LogP contribution is -2.13. The molecule has 0 atom stereocenters. The van der Waals surface area contributed by atoms with E-state index in [1.54, 1.807) is 19.2 Å². The summed E-state index contributed by atoms with van der Waals surface area (Å²) in [5.41, 5.74) is 4.60. The Balaban J connectivity index is 1.29. The Hall–Kier alpha value is -3.63. The number of ether oxygens (including phenoxy) is 5. The van der Waals surface area contributed by atoms with Gasteiger partial charge in [-0.2, -0.15) is 5.10 Å². The Morgan fingerprint density at radius 1 is 1.06 bits per heavy atom. The second-order valence-electron chi connectivity index (χ2n) is 7.81. The molecule has 0 aliphatic heterocycles. The van der Waals surface area contributed by atoms with E-state index in [2.05, 4.69) is 15.5 Å². The number of rotatable bonds is 13. The summed E-state index contributed by atoms with van der Waals surface area (Å²) in [6.07, 6.45) is 0.653. The summed E-state index contributed by atoms with van der Waals surface area (Å²) in [5.74, 6) is 1.26. The van der Waals surface area contributed by atoms with Crippen LogP contribution in [0.5, 0.6) is 11.5 Å². The van der Waals surface area contributed by atoms with Crippen LogP contribution in [0.1, 0.15) is 18.1 Å².